The van der Waals surface area contributed by atoms with Crippen LogP contribution in [-0.2, 0) is 42.7 Å². The van der Waals surface area contributed by atoms with E-state index in [1.807, 2.05) is 25.6 Å². The number of amides is 3. The number of hydrogen-bond donors (Lipinski definition) is 3. The van der Waals surface area contributed by atoms with Crippen molar-refractivity contribution in [3.8, 4) is 0 Å². The highest BCUT2D eigenvalue weighted by Gasteiger charge is 2.42. The summed E-state index contributed by atoms with van der Waals surface area (Å²) in [5, 5.41) is 8.77. The number of thioether (sulfide) groups is 1. The number of unbranched alkanes of at least 4 members (excludes halogenated alkanes) is 1. The van der Waals surface area contributed by atoms with Crippen molar-refractivity contribution in [1.82, 2.24) is 15.5 Å². The Morgan fingerprint density at radius 3 is 2.15 bits per heavy atom. The Hall–Kier alpha value is -3.19. The van der Waals surface area contributed by atoms with Crippen LogP contribution < -0.4 is 16.0 Å². The quantitative estimate of drug-likeness (QED) is 0.0475. The molecule has 0 spiro atoms. The van der Waals surface area contributed by atoms with Gasteiger partial charge in [-0.05, 0) is 50.2 Å². The highest BCUT2D eigenvalue weighted by atomic mass is 32.2. The van der Waals surface area contributed by atoms with E-state index in [-0.39, 0.29) is 64.8 Å². The van der Waals surface area contributed by atoms with Crippen LogP contribution in [0.1, 0.15) is 49.9 Å². The van der Waals surface area contributed by atoms with Gasteiger partial charge in [-0.3, -0.25) is 10.1 Å². The average molecular weight is 687 g/mol. The highest BCUT2D eigenvalue weighted by Crippen LogP contribution is 2.33. The van der Waals surface area contributed by atoms with Crippen molar-refractivity contribution in [2.24, 2.45) is 0 Å². The Labute approximate surface area is 278 Å². The molecule has 3 amide bonds. The van der Waals surface area contributed by atoms with Crippen molar-refractivity contribution in [2.45, 2.75) is 56.9 Å². The zero-order valence-electron chi connectivity index (χ0n) is 26.9. The number of urea groups is 1. The molecule has 0 aliphatic carbocycles. The van der Waals surface area contributed by atoms with Crippen LogP contribution >= 0.6 is 11.8 Å². The Morgan fingerprint density at radius 2 is 1.49 bits per heavy atom. The van der Waals surface area contributed by atoms with Gasteiger partial charge in [-0.2, -0.15) is 11.8 Å². The number of likely N-dealkylation sites (N-methyl/N-ethyl adjacent to an activating group) is 1. The fourth-order valence-corrected chi connectivity index (χ4v) is 6.22. The molecular weight excluding hydrogens is 640 g/mol. The van der Waals surface area contributed by atoms with Crippen LogP contribution in [0.4, 0.5) is 15.3 Å². The zero-order chi connectivity index (χ0) is 33.7. The standard InChI is InChI=1S/C30H46N4O12S/c1-3-34(4-2)13-14-44-28(36)22-9-11-23(12-10-22)31-30(38)46-21-43-19-41-17-39-16-40-18-42-20-45-26(35)8-6-5-7-25-27-24(15-47-25)32-29(37)33-27/h9-12,24-25,27H,3-8,13-21H2,1-2H3,(H,31,38)(H2,32,33,37)/t24?,25-,27?/m1/s1. The van der Waals surface area contributed by atoms with Crippen LogP contribution in [0, 0.1) is 0 Å². The summed E-state index contributed by atoms with van der Waals surface area (Å²) < 4.78 is 40.6. The van der Waals surface area contributed by atoms with Gasteiger partial charge in [-0.1, -0.05) is 20.3 Å². The molecule has 2 aliphatic heterocycles. The lowest BCUT2D eigenvalue weighted by Crippen LogP contribution is -2.36. The fraction of sp³-hybridized carbons (Fsp3) is 0.667. The third-order valence-electron chi connectivity index (χ3n) is 7.20. The number of carbonyl (C=O) groups excluding carboxylic acids is 4. The van der Waals surface area contributed by atoms with Crippen LogP contribution in [0.15, 0.2) is 24.3 Å². The van der Waals surface area contributed by atoms with Crippen LogP contribution in [0.2, 0.25) is 0 Å². The maximum atomic E-state index is 12.2. The lowest BCUT2D eigenvalue weighted by atomic mass is 10.0. The lowest BCUT2D eigenvalue weighted by molar-refractivity contribution is -0.211. The Balaban J connectivity index is 1.06. The molecule has 2 saturated heterocycles. The van der Waals surface area contributed by atoms with Gasteiger partial charge >= 0.3 is 24.1 Å². The molecule has 0 bridgehead atoms. The van der Waals surface area contributed by atoms with E-state index in [9.17, 15) is 19.2 Å². The highest BCUT2D eigenvalue weighted by molar-refractivity contribution is 8.00. The van der Waals surface area contributed by atoms with Crippen LogP contribution in [0.25, 0.3) is 0 Å². The second-order valence-corrected chi connectivity index (χ2v) is 11.7. The first kappa shape index (κ1) is 38.3. The van der Waals surface area contributed by atoms with Gasteiger partial charge in [0.1, 0.15) is 6.61 Å². The second-order valence-electron chi connectivity index (χ2n) is 10.4. The van der Waals surface area contributed by atoms with Crippen molar-refractivity contribution >= 4 is 41.5 Å². The molecule has 0 radical (unpaired) electrons. The molecule has 1 aromatic carbocycles. The van der Waals surface area contributed by atoms with E-state index in [1.54, 1.807) is 24.3 Å². The summed E-state index contributed by atoms with van der Waals surface area (Å²) in [5.41, 5.74) is 0.811. The number of anilines is 1. The third kappa shape index (κ3) is 15.1. The molecule has 16 nitrogen and oxygen atoms in total. The van der Waals surface area contributed by atoms with Crippen molar-refractivity contribution in [1.29, 1.82) is 0 Å². The SMILES string of the molecule is CCN(CC)CCOC(=O)c1ccc(NC(=O)OCOCOCOCOCOCOC(=O)CCCC[C@H]2SCC3NC(=O)NC32)cc1. The van der Waals surface area contributed by atoms with Gasteiger partial charge < -0.3 is 53.4 Å². The molecule has 0 aromatic heterocycles. The Morgan fingerprint density at radius 1 is 0.851 bits per heavy atom. The zero-order valence-corrected chi connectivity index (χ0v) is 27.7. The summed E-state index contributed by atoms with van der Waals surface area (Å²) in [5.74, 6) is 0.134. The predicted molar refractivity (Wildman–Crippen MR) is 169 cm³/mol. The van der Waals surface area contributed by atoms with Gasteiger partial charge in [0.2, 0.25) is 0 Å². The minimum Gasteiger partial charge on any atom is -0.461 e. The molecule has 3 atom stereocenters. The van der Waals surface area contributed by atoms with E-state index in [0.717, 1.165) is 31.7 Å². The van der Waals surface area contributed by atoms with Gasteiger partial charge in [0, 0.05) is 29.7 Å². The molecule has 3 N–H and O–H groups in total. The Kier molecular flexibility index (Phi) is 18.2. The average Bonchev–Trinajstić information content (AvgIpc) is 3.62. The van der Waals surface area contributed by atoms with Gasteiger partial charge in [0.05, 0.1) is 17.6 Å². The van der Waals surface area contributed by atoms with Crippen molar-refractivity contribution in [2.75, 3.05) is 78.1 Å². The molecule has 17 heteroatoms. The molecule has 47 heavy (non-hydrogen) atoms. The first-order valence-corrected chi connectivity index (χ1v) is 16.6. The summed E-state index contributed by atoms with van der Waals surface area (Å²) in [6, 6.07) is 6.50. The number of carbonyl (C=O) groups is 4. The normalized spacial score (nSPS) is 18.4. The molecular formula is C30H46N4O12S. The van der Waals surface area contributed by atoms with Gasteiger partial charge in [0.15, 0.2) is 40.8 Å². The summed E-state index contributed by atoms with van der Waals surface area (Å²) in [7, 11) is 0. The second kappa shape index (κ2) is 22.4. The fourth-order valence-electron chi connectivity index (χ4n) is 4.67. The van der Waals surface area contributed by atoms with E-state index in [1.165, 1.54) is 0 Å². The number of benzene rings is 1. The van der Waals surface area contributed by atoms with Crippen molar-refractivity contribution < 1.29 is 57.1 Å². The topological polar surface area (TPSA) is 181 Å². The first-order valence-electron chi connectivity index (χ1n) is 15.6. The van der Waals surface area contributed by atoms with Crippen LogP contribution in [0.3, 0.4) is 0 Å². The largest absolute Gasteiger partial charge is 0.461 e. The van der Waals surface area contributed by atoms with Crippen molar-refractivity contribution in [3.63, 3.8) is 0 Å². The van der Waals surface area contributed by atoms with Crippen LogP contribution in [0.5, 0.6) is 0 Å². The van der Waals surface area contributed by atoms with E-state index < -0.39 is 12.1 Å². The van der Waals surface area contributed by atoms with E-state index >= 15 is 0 Å². The van der Waals surface area contributed by atoms with Crippen LogP contribution in [-0.4, -0.2) is 119 Å². The maximum absolute atomic E-state index is 12.2. The van der Waals surface area contributed by atoms with Crippen molar-refractivity contribution in [3.05, 3.63) is 29.8 Å². The number of ether oxygens (including phenoxy) is 8. The minimum absolute atomic E-state index is 0.0986. The molecule has 1 aromatic rings. The van der Waals surface area contributed by atoms with Gasteiger partial charge in [-0.25, -0.2) is 14.4 Å². The van der Waals surface area contributed by atoms with E-state index in [4.69, 9.17) is 37.9 Å². The number of esters is 2. The summed E-state index contributed by atoms with van der Waals surface area (Å²) >= 11 is 1.85. The third-order valence-corrected chi connectivity index (χ3v) is 8.71. The number of hydrogen-bond acceptors (Lipinski definition) is 14. The number of nitrogens with zero attached hydrogens (tertiary/aromatic N) is 1. The molecule has 0 saturated carbocycles. The minimum atomic E-state index is -0.745. The smallest absolute Gasteiger partial charge is 0.413 e. The van der Waals surface area contributed by atoms with E-state index in [0.29, 0.717) is 42.5 Å². The molecule has 264 valence electrons. The number of rotatable bonds is 24. The maximum Gasteiger partial charge on any atom is 0.413 e. The number of nitrogens with one attached hydrogen (secondary N) is 3. The summed E-state index contributed by atoms with van der Waals surface area (Å²) in [6.45, 7) is 5.65. The molecule has 2 unspecified atom stereocenters. The molecule has 3 rings (SSSR count). The molecule has 2 aliphatic rings. The van der Waals surface area contributed by atoms with Gasteiger partial charge in [-0.15, -0.1) is 0 Å². The summed E-state index contributed by atoms with van der Waals surface area (Å²) in [6.07, 6.45) is 2.06. The van der Waals surface area contributed by atoms with E-state index in [2.05, 4.69) is 20.9 Å². The van der Waals surface area contributed by atoms with Gasteiger partial charge in [0.25, 0.3) is 0 Å². The first-order chi connectivity index (χ1) is 22.9. The summed E-state index contributed by atoms with van der Waals surface area (Å²) in [4.78, 5) is 49.5. The Bertz CT molecular complexity index is 1100. The predicted octanol–water partition coefficient (Wildman–Crippen LogP) is 2.83. The lowest BCUT2D eigenvalue weighted by Gasteiger charge is -2.17. The molecule has 2 fully saturated rings. The monoisotopic (exact) mass is 686 g/mol. The molecule has 2 heterocycles. The number of fused-ring (bicyclic) bond motifs is 1.